The molecule has 2 aromatic heterocycles. The van der Waals surface area contributed by atoms with Gasteiger partial charge >= 0.3 is 0 Å². The smallest absolute Gasteiger partial charge is 0.191 e. The molecule has 0 atom stereocenters. The van der Waals surface area contributed by atoms with Crippen LogP contribution in [0.3, 0.4) is 0 Å². The molecule has 1 aliphatic rings. The van der Waals surface area contributed by atoms with Gasteiger partial charge < -0.3 is 0 Å². The zero-order chi connectivity index (χ0) is 18.2. The van der Waals surface area contributed by atoms with Crippen LogP contribution in [0.15, 0.2) is 70.8 Å². The predicted octanol–water partition coefficient (Wildman–Crippen LogP) is 4.03. The first-order chi connectivity index (χ1) is 12.7. The molecule has 130 valence electrons. The fourth-order valence-corrected chi connectivity index (χ4v) is 4.78. The van der Waals surface area contributed by atoms with Crippen LogP contribution in [0, 0.1) is 0 Å². The van der Waals surface area contributed by atoms with E-state index >= 15 is 0 Å². The van der Waals surface area contributed by atoms with Crippen molar-refractivity contribution in [1.82, 2.24) is 9.97 Å². The molecule has 0 N–H and O–H groups in total. The van der Waals surface area contributed by atoms with E-state index in [1.807, 2.05) is 24.3 Å². The number of hydrogen-bond donors (Lipinski definition) is 0. The van der Waals surface area contributed by atoms with E-state index in [4.69, 9.17) is 0 Å². The zero-order valence-electron chi connectivity index (χ0n) is 13.9. The van der Waals surface area contributed by atoms with Crippen molar-refractivity contribution >= 4 is 47.2 Å². The Balaban J connectivity index is 1.83. The molecule has 0 bridgehead atoms. The Labute approximate surface area is 160 Å². The SMILES string of the molecule is O=C(/C=C/c1ccccn1)C(C(=O)/C=C/c1ccccn1)=C1SCCS1. The van der Waals surface area contributed by atoms with Crippen LogP contribution in [0.1, 0.15) is 11.4 Å². The number of hydrogen-bond acceptors (Lipinski definition) is 6. The molecule has 3 heterocycles. The molecule has 2 aromatic rings. The number of pyridine rings is 2. The molecule has 0 amide bonds. The van der Waals surface area contributed by atoms with Crippen molar-refractivity contribution in [1.29, 1.82) is 0 Å². The molecule has 4 nitrogen and oxygen atoms in total. The van der Waals surface area contributed by atoms with Crippen LogP contribution in [0.25, 0.3) is 12.2 Å². The normalized spacial score (nSPS) is 14.2. The van der Waals surface area contributed by atoms with Gasteiger partial charge in [-0.1, -0.05) is 12.1 Å². The molecule has 1 saturated heterocycles. The summed E-state index contributed by atoms with van der Waals surface area (Å²) >= 11 is 3.10. The molecule has 0 spiro atoms. The average molecular weight is 380 g/mol. The molecular formula is C20H16N2O2S2. The number of rotatable bonds is 6. The highest BCUT2D eigenvalue weighted by molar-refractivity contribution is 8.25. The predicted molar refractivity (Wildman–Crippen MR) is 108 cm³/mol. The largest absolute Gasteiger partial charge is 0.289 e. The van der Waals surface area contributed by atoms with E-state index in [0.717, 1.165) is 15.7 Å². The van der Waals surface area contributed by atoms with Crippen LogP contribution in [0.4, 0.5) is 0 Å². The Kier molecular flexibility index (Phi) is 6.57. The standard InChI is InChI=1S/C20H16N2O2S2/c23-17(9-7-15-5-1-3-11-21-15)19(20-25-13-14-26-20)18(24)10-8-16-6-2-4-12-22-16/h1-12H,13-14H2/b9-7+,10-8+. The van der Waals surface area contributed by atoms with Crippen LogP contribution in [-0.2, 0) is 9.59 Å². The van der Waals surface area contributed by atoms with Crippen molar-refractivity contribution in [3.8, 4) is 0 Å². The second-order valence-electron chi connectivity index (χ2n) is 5.26. The quantitative estimate of drug-likeness (QED) is 0.428. The Hall–Kier alpha value is -2.44. The van der Waals surface area contributed by atoms with Crippen LogP contribution in [0.5, 0.6) is 0 Å². The van der Waals surface area contributed by atoms with Gasteiger partial charge in [-0.05, 0) is 48.6 Å². The van der Waals surface area contributed by atoms with Gasteiger partial charge in [-0.2, -0.15) is 0 Å². The Morgan fingerprint density at radius 1 is 0.808 bits per heavy atom. The highest BCUT2D eigenvalue weighted by atomic mass is 32.2. The van der Waals surface area contributed by atoms with Crippen LogP contribution >= 0.6 is 23.5 Å². The van der Waals surface area contributed by atoms with E-state index in [-0.39, 0.29) is 17.1 Å². The topological polar surface area (TPSA) is 59.9 Å². The number of nitrogens with zero attached hydrogens (tertiary/aromatic N) is 2. The van der Waals surface area contributed by atoms with E-state index in [1.54, 1.807) is 60.2 Å². The summed E-state index contributed by atoms with van der Waals surface area (Å²) in [7, 11) is 0. The number of carbonyl (C=O) groups is 2. The summed E-state index contributed by atoms with van der Waals surface area (Å²) in [5.41, 5.74) is 1.57. The average Bonchev–Trinajstić information content (AvgIpc) is 3.21. The van der Waals surface area contributed by atoms with Gasteiger partial charge in [0.2, 0.25) is 0 Å². The zero-order valence-corrected chi connectivity index (χ0v) is 15.5. The van der Waals surface area contributed by atoms with Crippen molar-refractivity contribution in [3.63, 3.8) is 0 Å². The van der Waals surface area contributed by atoms with Crippen molar-refractivity contribution in [2.75, 3.05) is 11.5 Å². The number of aromatic nitrogens is 2. The minimum absolute atomic E-state index is 0.219. The Bertz CT molecular complexity index is 804. The van der Waals surface area contributed by atoms with Crippen molar-refractivity contribution in [3.05, 3.63) is 82.1 Å². The van der Waals surface area contributed by atoms with Gasteiger partial charge in [0, 0.05) is 23.9 Å². The molecule has 1 aliphatic heterocycles. The van der Waals surface area contributed by atoms with Crippen molar-refractivity contribution < 1.29 is 9.59 Å². The van der Waals surface area contributed by atoms with E-state index in [9.17, 15) is 9.59 Å². The second kappa shape index (κ2) is 9.31. The Morgan fingerprint density at radius 3 is 1.73 bits per heavy atom. The van der Waals surface area contributed by atoms with Crippen LogP contribution in [-0.4, -0.2) is 33.0 Å². The van der Waals surface area contributed by atoms with Gasteiger partial charge in [-0.3, -0.25) is 19.6 Å². The van der Waals surface area contributed by atoms with Gasteiger partial charge in [0.05, 0.1) is 21.2 Å². The molecule has 0 unspecified atom stereocenters. The minimum Gasteiger partial charge on any atom is -0.289 e. The van der Waals surface area contributed by atoms with Gasteiger partial charge in [0.1, 0.15) is 0 Å². The summed E-state index contributed by atoms with van der Waals surface area (Å²) in [5, 5.41) is 0. The van der Waals surface area contributed by atoms with Gasteiger partial charge in [0.25, 0.3) is 0 Å². The molecule has 0 aromatic carbocycles. The van der Waals surface area contributed by atoms with E-state index in [2.05, 4.69) is 9.97 Å². The third kappa shape index (κ3) is 5.03. The molecule has 0 radical (unpaired) electrons. The van der Waals surface area contributed by atoms with E-state index in [0.29, 0.717) is 11.4 Å². The number of thioether (sulfide) groups is 2. The van der Waals surface area contributed by atoms with E-state index in [1.165, 1.54) is 12.2 Å². The first-order valence-electron chi connectivity index (χ1n) is 8.01. The highest BCUT2D eigenvalue weighted by Gasteiger charge is 2.23. The summed E-state index contributed by atoms with van der Waals surface area (Å²) in [4.78, 5) is 33.7. The highest BCUT2D eigenvalue weighted by Crippen LogP contribution is 2.39. The fourth-order valence-electron chi connectivity index (χ4n) is 2.22. The molecule has 6 heteroatoms. The lowest BCUT2D eigenvalue weighted by atomic mass is 10.1. The maximum absolute atomic E-state index is 12.7. The summed E-state index contributed by atoms with van der Waals surface area (Å²) in [6.45, 7) is 0. The maximum atomic E-state index is 12.7. The van der Waals surface area contributed by atoms with Crippen LogP contribution in [0.2, 0.25) is 0 Å². The molecular weight excluding hydrogens is 364 g/mol. The van der Waals surface area contributed by atoms with Gasteiger partial charge in [-0.25, -0.2) is 0 Å². The first kappa shape index (κ1) is 18.4. The van der Waals surface area contributed by atoms with Gasteiger partial charge in [-0.15, -0.1) is 23.5 Å². The number of ketones is 2. The third-order valence-electron chi connectivity index (χ3n) is 3.43. The summed E-state index contributed by atoms with van der Waals surface area (Å²) in [6.07, 6.45) is 9.40. The molecule has 0 saturated carbocycles. The summed E-state index contributed by atoms with van der Waals surface area (Å²) < 4.78 is 0.788. The lowest BCUT2D eigenvalue weighted by Gasteiger charge is -2.04. The van der Waals surface area contributed by atoms with Crippen LogP contribution < -0.4 is 0 Å². The lowest BCUT2D eigenvalue weighted by molar-refractivity contribution is -0.116. The minimum atomic E-state index is -0.303. The molecule has 26 heavy (non-hydrogen) atoms. The Morgan fingerprint density at radius 2 is 1.31 bits per heavy atom. The number of carbonyl (C=O) groups excluding carboxylic acids is 2. The van der Waals surface area contributed by atoms with E-state index < -0.39 is 0 Å². The lowest BCUT2D eigenvalue weighted by Crippen LogP contribution is -2.10. The summed E-state index contributed by atoms with van der Waals surface area (Å²) in [5.74, 6) is 1.20. The van der Waals surface area contributed by atoms with Crippen molar-refractivity contribution in [2.45, 2.75) is 0 Å². The molecule has 3 rings (SSSR count). The first-order valence-corrected chi connectivity index (χ1v) is 9.98. The molecule has 1 fully saturated rings. The molecule has 0 aliphatic carbocycles. The monoisotopic (exact) mass is 380 g/mol. The van der Waals surface area contributed by atoms with Crippen molar-refractivity contribution in [2.24, 2.45) is 0 Å². The second-order valence-corrected chi connectivity index (χ2v) is 7.73. The number of allylic oxidation sites excluding steroid dienone is 3. The third-order valence-corrected chi connectivity index (χ3v) is 6.15. The van der Waals surface area contributed by atoms with Gasteiger partial charge in [0.15, 0.2) is 11.6 Å². The maximum Gasteiger partial charge on any atom is 0.191 e. The fraction of sp³-hybridized carbons (Fsp3) is 0.100. The summed E-state index contributed by atoms with van der Waals surface area (Å²) in [6, 6.07) is 10.9.